The number of benzene rings is 2. The number of thiocarbonyl (C=S) groups is 1. The molecule has 4 nitrogen and oxygen atoms in total. The predicted octanol–water partition coefficient (Wildman–Crippen LogP) is 4.11. The number of hydrogen-bond donors (Lipinski definition) is 1. The summed E-state index contributed by atoms with van der Waals surface area (Å²) in [4.78, 5) is 14.6. The van der Waals surface area contributed by atoms with Crippen LogP contribution in [0.25, 0.3) is 6.08 Å². The summed E-state index contributed by atoms with van der Waals surface area (Å²) in [6.07, 6.45) is 1.80. The van der Waals surface area contributed by atoms with Crippen LogP contribution in [-0.4, -0.2) is 28.9 Å². The minimum absolute atomic E-state index is 0.152. The fourth-order valence-electron chi connectivity index (χ4n) is 2.23. The van der Waals surface area contributed by atoms with Crippen molar-refractivity contribution in [2.75, 3.05) is 19.1 Å². The van der Waals surface area contributed by atoms with Crippen molar-refractivity contribution in [3.63, 3.8) is 0 Å². The summed E-state index contributed by atoms with van der Waals surface area (Å²) in [5.74, 6) is 0.298. The highest BCUT2D eigenvalue weighted by molar-refractivity contribution is 8.26. The lowest BCUT2D eigenvalue weighted by atomic mass is 10.2. The molecular weight excluding hydrogens is 359 g/mol. The van der Waals surface area contributed by atoms with Gasteiger partial charge in [-0.15, -0.1) is 0 Å². The summed E-state index contributed by atoms with van der Waals surface area (Å²) in [7, 11) is 1.61. The van der Waals surface area contributed by atoms with Crippen molar-refractivity contribution >= 4 is 46.0 Å². The standard InChI is InChI=1S/C18H15FN2O2S2/c1-23-15-8-2-12(3-9-15)10-16-17(22)21(18(24)25-16)11-20-14-6-4-13(19)5-7-14/h2-10,20H,11H2,1H3. The van der Waals surface area contributed by atoms with Crippen LogP contribution in [0.15, 0.2) is 53.4 Å². The van der Waals surface area contributed by atoms with Crippen LogP contribution in [0.4, 0.5) is 10.1 Å². The number of halogens is 1. The summed E-state index contributed by atoms with van der Waals surface area (Å²) in [5, 5.41) is 3.07. The fraction of sp³-hybridized carbons (Fsp3) is 0.111. The Bertz CT molecular complexity index is 820. The number of carbonyl (C=O) groups excluding carboxylic acids is 1. The van der Waals surface area contributed by atoms with Crippen LogP contribution in [0.2, 0.25) is 0 Å². The number of rotatable bonds is 5. The van der Waals surface area contributed by atoms with Crippen LogP contribution in [0.3, 0.4) is 0 Å². The van der Waals surface area contributed by atoms with Crippen molar-refractivity contribution in [1.82, 2.24) is 4.90 Å². The molecule has 1 aliphatic rings. The maximum absolute atomic E-state index is 12.9. The maximum Gasteiger partial charge on any atom is 0.267 e. The second-order valence-electron chi connectivity index (χ2n) is 5.22. The highest BCUT2D eigenvalue weighted by Crippen LogP contribution is 2.32. The Morgan fingerprint density at radius 2 is 1.88 bits per heavy atom. The lowest BCUT2D eigenvalue weighted by Crippen LogP contribution is -2.33. The molecule has 1 fully saturated rings. The van der Waals surface area contributed by atoms with Gasteiger partial charge in [0.2, 0.25) is 0 Å². The van der Waals surface area contributed by atoms with Gasteiger partial charge in [0, 0.05) is 5.69 Å². The van der Waals surface area contributed by atoms with Crippen molar-refractivity contribution in [2.45, 2.75) is 0 Å². The number of methoxy groups -OCH3 is 1. The molecular formula is C18H15FN2O2S2. The van der Waals surface area contributed by atoms with E-state index in [1.54, 1.807) is 25.3 Å². The molecule has 25 heavy (non-hydrogen) atoms. The number of hydrogen-bond acceptors (Lipinski definition) is 5. The number of anilines is 1. The lowest BCUT2D eigenvalue weighted by molar-refractivity contribution is -0.121. The minimum Gasteiger partial charge on any atom is -0.497 e. The molecule has 2 aromatic carbocycles. The van der Waals surface area contributed by atoms with Gasteiger partial charge in [-0.2, -0.15) is 0 Å². The second-order valence-corrected chi connectivity index (χ2v) is 6.90. The highest BCUT2D eigenvalue weighted by atomic mass is 32.2. The minimum atomic E-state index is -0.307. The molecule has 0 spiro atoms. The number of ether oxygens (including phenoxy) is 1. The van der Waals surface area contributed by atoms with E-state index in [-0.39, 0.29) is 18.4 Å². The summed E-state index contributed by atoms with van der Waals surface area (Å²) < 4.78 is 18.5. The van der Waals surface area contributed by atoms with E-state index in [4.69, 9.17) is 17.0 Å². The van der Waals surface area contributed by atoms with Gasteiger partial charge in [0.05, 0.1) is 18.7 Å². The molecule has 1 amide bonds. The molecule has 0 aliphatic carbocycles. The van der Waals surface area contributed by atoms with Gasteiger partial charge in [-0.1, -0.05) is 36.1 Å². The molecule has 0 unspecified atom stereocenters. The van der Waals surface area contributed by atoms with E-state index >= 15 is 0 Å². The first-order chi connectivity index (χ1) is 12.1. The number of thioether (sulfide) groups is 1. The van der Waals surface area contributed by atoms with Crippen LogP contribution in [0.5, 0.6) is 5.75 Å². The van der Waals surface area contributed by atoms with E-state index in [2.05, 4.69) is 5.32 Å². The Morgan fingerprint density at radius 1 is 1.20 bits per heavy atom. The van der Waals surface area contributed by atoms with Crippen molar-refractivity contribution in [3.05, 3.63) is 64.8 Å². The molecule has 7 heteroatoms. The SMILES string of the molecule is COc1ccc(C=C2SC(=S)N(CNc3ccc(F)cc3)C2=O)cc1. The van der Waals surface area contributed by atoms with Crippen molar-refractivity contribution in [1.29, 1.82) is 0 Å². The van der Waals surface area contributed by atoms with Gasteiger partial charge in [0.25, 0.3) is 5.91 Å². The topological polar surface area (TPSA) is 41.6 Å². The summed E-state index contributed by atoms with van der Waals surface area (Å²) in [6, 6.07) is 13.4. The third-order valence-electron chi connectivity index (χ3n) is 3.57. The molecule has 2 aromatic rings. The van der Waals surface area contributed by atoms with Crippen molar-refractivity contribution < 1.29 is 13.9 Å². The van der Waals surface area contributed by atoms with E-state index in [0.29, 0.717) is 9.23 Å². The predicted molar refractivity (Wildman–Crippen MR) is 103 cm³/mol. The van der Waals surface area contributed by atoms with Gasteiger partial charge < -0.3 is 10.1 Å². The highest BCUT2D eigenvalue weighted by Gasteiger charge is 2.31. The zero-order chi connectivity index (χ0) is 17.8. The first-order valence-corrected chi connectivity index (χ1v) is 8.68. The van der Waals surface area contributed by atoms with Gasteiger partial charge in [0.15, 0.2) is 0 Å². The molecule has 0 atom stereocenters. The molecule has 0 aromatic heterocycles. The maximum atomic E-state index is 12.9. The quantitative estimate of drug-likeness (QED) is 0.630. The molecule has 1 aliphatic heterocycles. The summed E-state index contributed by atoms with van der Waals surface area (Å²) in [5.41, 5.74) is 1.61. The lowest BCUT2D eigenvalue weighted by Gasteiger charge is -2.16. The van der Waals surface area contributed by atoms with Gasteiger partial charge in [-0.05, 0) is 48.0 Å². The van der Waals surface area contributed by atoms with E-state index in [1.807, 2.05) is 24.3 Å². The summed E-state index contributed by atoms with van der Waals surface area (Å²) >= 11 is 6.56. The third kappa shape index (κ3) is 4.18. The van der Waals surface area contributed by atoms with Crippen molar-refractivity contribution in [3.8, 4) is 5.75 Å². The molecule has 1 saturated heterocycles. The van der Waals surface area contributed by atoms with Gasteiger partial charge in [-0.3, -0.25) is 9.69 Å². The van der Waals surface area contributed by atoms with Crippen LogP contribution in [0.1, 0.15) is 5.56 Å². The second kappa shape index (κ2) is 7.67. The average Bonchev–Trinajstić information content (AvgIpc) is 2.89. The van der Waals surface area contributed by atoms with E-state index in [0.717, 1.165) is 17.0 Å². The third-order valence-corrected chi connectivity index (χ3v) is 4.95. The summed E-state index contributed by atoms with van der Waals surface area (Å²) in [6.45, 7) is 0.232. The molecule has 1 N–H and O–H groups in total. The van der Waals surface area contributed by atoms with Crippen LogP contribution >= 0.6 is 24.0 Å². The monoisotopic (exact) mass is 374 g/mol. The smallest absolute Gasteiger partial charge is 0.267 e. The van der Waals surface area contributed by atoms with Crippen LogP contribution in [0, 0.1) is 5.82 Å². The Balaban J connectivity index is 1.68. The number of amides is 1. The molecule has 3 rings (SSSR count). The van der Waals surface area contributed by atoms with E-state index in [1.165, 1.54) is 28.8 Å². The Morgan fingerprint density at radius 3 is 2.52 bits per heavy atom. The molecule has 1 heterocycles. The fourth-order valence-corrected chi connectivity index (χ4v) is 3.48. The first-order valence-electron chi connectivity index (χ1n) is 7.45. The van der Waals surface area contributed by atoms with Gasteiger partial charge in [0.1, 0.15) is 15.9 Å². The van der Waals surface area contributed by atoms with Gasteiger partial charge in [-0.25, -0.2) is 4.39 Å². The zero-order valence-electron chi connectivity index (χ0n) is 13.4. The first kappa shape index (κ1) is 17.4. The van der Waals surface area contributed by atoms with Crippen molar-refractivity contribution in [2.24, 2.45) is 0 Å². The molecule has 128 valence electrons. The van der Waals surface area contributed by atoms with E-state index in [9.17, 15) is 9.18 Å². The van der Waals surface area contributed by atoms with E-state index < -0.39 is 0 Å². The largest absolute Gasteiger partial charge is 0.497 e. The Kier molecular flexibility index (Phi) is 5.35. The number of carbonyl (C=O) groups is 1. The average molecular weight is 374 g/mol. The van der Waals surface area contributed by atoms with Crippen LogP contribution in [-0.2, 0) is 4.79 Å². The van der Waals surface area contributed by atoms with Gasteiger partial charge >= 0.3 is 0 Å². The zero-order valence-corrected chi connectivity index (χ0v) is 15.0. The molecule has 0 radical (unpaired) electrons. The normalized spacial score (nSPS) is 15.8. The van der Waals surface area contributed by atoms with Crippen LogP contribution < -0.4 is 10.1 Å². The Labute approximate surface area is 154 Å². The number of nitrogens with zero attached hydrogens (tertiary/aromatic N) is 1. The molecule has 0 bridgehead atoms. The number of nitrogens with one attached hydrogen (secondary N) is 1. The Hall–Kier alpha value is -2.38. The molecule has 0 saturated carbocycles.